The second-order valence-electron chi connectivity index (χ2n) is 14.0. The van der Waals surface area contributed by atoms with Gasteiger partial charge >= 0.3 is 5.97 Å². The maximum Gasteiger partial charge on any atom is 0.320 e. The molecule has 0 aliphatic carbocycles. The lowest BCUT2D eigenvalue weighted by Crippen LogP contribution is -2.35. The van der Waals surface area contributed by atoms with Gasteiger partial charge in [0.25, 0.3) is 5.91 Å². The van der Waals surface area contributed by atoms with Crippen molar-refractivity contribution in [1.29, 1.82) is 0 Å². The quantitative estimate of drug-likeness (QED) is 0.155. The number of furan rings is 1. The minimum atomic E-state index is -0.662. The number of halogens is 1. The third-order valence-corrected chi connectivity index (χ3v) is 8.81. The lowest BCUT2D eigenvalue weighted by Gasteiger charge is -2.29. The van der Waals surface area contributed by atoms with Crippen molar-refractivity contribution >= 4 is 50.4 Å². The van der Waals surface area contributed by atoms with E-state index in [1.54, 1.807) is 9.47 Å². The maximum atomic E-state index is 16.3. The summed E-state index contributed by atoms with van der Waals surface area (Å²) < 4.78 is 36.3. The molecule has 3 aromatic carbocycles. The van der Waals surface area contributed by atoms with E-state index in [0.717, 1.165) is 30.2 Å². The Kier molecular flexibility index (Phi) is 8.32. The number of anilines is 1. The van der Waals surface area contributed by atoms with Crippen LogP contribution in [0.2, 0.25) is 0 Å². The third-order valence-electron chi connectivity index (χ3n) is 8.81. The van der Waals surface area contributed by atoms with Gasteiger partial charge in [0.05, 0.1) is 24.3 Å². The molecule has 0 unspecified atom stereocenters. The number of aromatic nitrogens is 1. The summed E-state index contributed by atoms with van der Waals surface area (Å²) in [5, 5.41) is 4.61. The van der Waals surface area contributed by atoms with Crippen molar-refractivity contribution in [3.8, 4) is 17.2 Å². The van der Waals surface area contributed by atoms with Gasteiger partial charge in [-0.05, 0) is 72.5 Å². The molecule has 49 heavy (non-hydrogen) atoms. The van der Waals surface area contributed by atoms with Crippen LogP contribution in [0.25, 0.3) is 38.5 Å². The Hall–Kier alpha value is -4.94. The Bertz CT molecular complexity index is 2180. The minimum Gasteiger partial charge on any atom is -0.459 e. The largest absolute Gasteiger partial charge is 0.459 e. The number of pyridine rings is 1. The highest BCUT2D eigenvalue weighted by Crippen LogP contribution is 2.48. The summed E-state index contributed by atoms with van der Waals surface area (Å²) >= 11 is 0. The van der Waals surface area contributed by atoms with Gasteiger partial charge in [-0.15, -0.1) is 0 Å². The highest BCUT2D eigenvalue weighted by Gasteiger charge is 2.34. The van der Waals surface area contributed by atoms with Crippen LogP contribution in [-0.2, 0) is 9.53 Å². The lowest BCUT2D eigenvalue weighted by molar-refractivity contribution is -0.155. The van der Waals surface area contributed by atoms with E-state index in [1.165, 1.54) is 12.3 Å². The van der Waals surface area contributed by atoms with Gasteiger partial charge in [0.15, 0.2) is 17.3 Å². The minimum absolute atomic E-state index is 0.0247. The van der Waals surface area contributed by atoms with Crippen LogP contribution < -0.4 is 20.4 Å². The fraction of sp³-hybridized carbons (Fsp3) is 0.378. The molecule has 0 atom stereocenters. The van der Waals surface area contributed by atoms with Gasteiger partial charge in [0, 0.05) is 42.7 Å². The average molecular weight is 670 g/mol. The second-order valence-corrected chi connectivity index (χ2v) is 14.0. The topological polar surface area (TPSA) is 109 Å². The molecule has 1 saturated heterocycles. The molecule has 7 rings (SSSR count). The van der Waals surface area contributed by atoms with Crippen molar-refractivity contribution < 1.29 is 27.9 Å². The Morgan fingerprint density at radius 1 is 1.02 bits per heavy atom. The zero-order valence-electron chi connectivity index (χ0n) is 28.4. The zero-order chi connectivity index (χ0) is 34.6. The Morgan fingerprint density at radius 2 is 1.82 bits per heavy atom. The van der Waals surface area contributed by atoms with Crippen LogP contribution in [0.3, 0.4) is 0 Å². The first-order valence-electron chi connectivity index (χ1n) is 16.6. The maximum absolute atomic E-state index is 16.3. The van der Waals surface area contributed by atoms with Gasteiger partial charge in [0.2, 0.25) is 5.43 Å². The number of hydrogen-bond acceptors (Lipinski definition) is 9. The number of hydrogen-bond donors (Lipinski definition) is 1. The van der Waals surface area contributed by atoms with Crippen LogP contribution >= 0.6 is 0 Å². The summed E-state index contributed by atoms with van der Waals surface area (Å²) in [6.45, 7) is 7.92. The fourth-order valence-electron chi connectivity index (χ4n) is 6.64. The number of fused-ring (bicyclic) bond motifs is 5. The molecule has 5 aromatic rings. The van der Waals surface area contributed by atoms with E-state index in [-0.39, 0.29) is 41.6 Å². The number of esters is 1. The van der Waals surface area contributed by atoms with Gasteiger partial charge < -0.3 is 33.6 Å². The molecule has 0 saturated carbocycles. The van der Waals surface area contributed by atoms with E-state index in [0.29, 0.717) is 47.8 Å². The number of para-hydroxylation sites is 1. The smallest absolute Gasteiger partial charge is 0.320 e. The Balaban J connectivity index is 1.32. The number of nitrogens with one attached hydrogen (secondary N) is 1. The standard InChI is InChI=1S/C37H40FN5O6/c1-37(2,3)49-31(44)20-41-14-15-42(21-41)33-26(38)16-24-32-35(33)48-30-17-23-22-10-6-7-11-28(22)47-29(23)18-27(30)43(32)19-25(34(24)45)36(46)39-12-8-9-13-40(4)5/h6-7,10-11,16-19H,8-9,12-15,20-21H2,1-5H3,(H,39,46). The SMILES string of the molecule is CN(C)CCCCNC(=O)c1cn2c3c(c(N4CCN(CC(=O)OC(C)(C)C)C4)c(F)cc3c1=O)Oc1cc3c(cc1-2)oc1ccccc13. The van der Waals surface area contributed by atoms with E-state index < -0.39 is 22.8 Å². The highest BCUT2D eigenvalue weighted by atomic mass is 19.1. The number of rotatable bonds is 9. The number of unbranched alkanes of at least 4 members (excludes halogenated alkanes) is 1. The van der Waals surface area contributed by atoms with E-state index in [2.05, 4.69) is 10.2 Å². The number of nitrogens with zero attached hydrogens (tertiary/aromatic N) is 4. The third kappa shape index (κ3) is 6.22. The molecule has 11 nitrogen and oxygen atoms in total. The summed E-state index contributed by atoms with van der Waals surface area (Å²) in [5.74, 6) is -0.968. The first-order valence-corrected chi connectivity index (χ1v) is 16.6. The van der Waals surface area contributed by atoms with E-state index >= 15 is 4.39 Å². The van der Waals surface area contributed by atoms with Crippen LogP contribution in [0.15, 0.2) is 57.9 Å². The average Bonchev–Trinajstić information content (AvgIpc) is 3.63. The summed E-state index contributed by atoms with van der Waals surface area (Å²) in [7, 11) is 3.98. The Morgan fingerprint density at radius 3 is 2.59 bits per heavy atom. The van der Waals surface area contributed by atoms with Crippen molar-refractivity contribution in [2.75, 3.05) is 58.4 Å². The first kappa shape index (κ1) is 32.6. The molecule has 1 N–H and O–H groups in total. The normalized spacial score (nSPS) is 14.6. The summed E-state index contributed by atoms with van der Waals surface area (Å²) in [6.07, 6.45) is 3.14. The molecule has 0 bridgehead atoms. The molecule has 2 aliphatic rings. The van der Waals surface area contributed by atoms with Crippen LogP contribution in [0.5, 0.6) is 11.5 Å². The van der Waals surface area contributed by atoms with Crippen molar-refractivity contribution in [2.24, 2.45) is 0 Å². The summed E-state index contributed by atoms with van der Waals surface area (Å²) in [4.78, 5) is 45.7. The Labute approximate surface area is 282 Å². The molecule has 4 heterocycles. The molecule has 2 aromatic heterocycles. The molecule has 256 valence electrons. The van der Waals surface area contributed by atoms with Gasteiger partial charge in [-0.2, -0.15) is 0 Å². The van der Waals surface area contributed by atoms with Crippen molar-refractivity contribution in [1.82, 2.24) is 19.7 Å². The van der Waals surface area contributed by atoms with E-state index in [1.807, 2.05) is 76.2 Å². The van der Waals surface area contributed by atoms with Crippen molar-refractivity contribution in [3.05, 3.63) is 70.3 Å². The number of carbonyl (C=O) groups is 2. The zero-order valence-corrected chi connectivity index (χ0v) is 28.4. The van der Waals surface area contributed by atoms with Crippen LogP contribution in [0.1, 0.15) is 44.0 Å². The second kappa shape index (κ2) is 12.5. The van der Waals surface area contributed by atoms with Gasteiger partial charge in [0.1, 0.15) is 33.5 Å². The predicted molar refractivity (Wildman–Crippen MR) is 187 cm³/mol. The first-order chi connectivity index (χ1) is 23.4. The lowest BCUT2D eigenvalue weighted by atomic mass is 10.0. The highest BCUT2D eigenvalue weighted by molar-refractivity contribution is 6.07. The fourth-order valence-corrected chi connectivity index (χ4v) is 6.64. The van der Waals surface area contributed by atoms with Crippen molar-refractivity contribution in [3.63, 3.8) is 0 Å². The molecular weight excluding hydrogens is 629 g/mol. The molecule has 2 aliphatic heterocycles. The van der Waals surface area contributed by atoms with Gasteiger partial charge in [-0.25, -0.2) is 4.39 Å². The predicted octanol–water partition coefficient (Wildman–Crippen LogP) is 5.63. The van der Waals surface area contributed by atoms with Gasteiger partial charge in [-0.1, -0.05) is 18.2 Å². The van der Waals surface area contributed by atoms with Crippen LogP contribution in [0, 0.1) is 5.82 Å². The van der Waals surface area contributed by atoms with Gasteiger partial charge in [-0.3, -0.25) is 19.3 Å². The summed E-state index contributed by atoms with van der Waals surface area (Å²) in [5.41, 5.74) is 1.06. The van der Waals surface area contributed by atoms with Crippen LogP contribution in [0.4, 0.5) is 10.1 Å². The molecular formula is C37H40FN5O6. The molecule has 12 heteroatoms. The molecule has 0 radical (unpaired) electrons. The number of amides is 1. The van der Waals surface area contributed by atoms with Crippen molar-refractivity contribution in [2.45, 2.75) is 39.2 Å². The monoisotopic (exact) mass is 669 g/mol. The summed E-state index contributed by atoms with van der Waals surface area (Å²) in [6, 6.07) is 12.5. The molecule has 0 spiro atoms. The van der Waals surface area contributed by atoms with E-state index in [4.69, 9.17) is 13.9 Å². The molecule has 1 fully saturated rings. The van der Waals surface area contributed by atoms with E-state index in [9.17, 15) is 14.4 Å². The van der Waals surface area contributed by atoms with Crippen LogP contribution in [-0.4, -0.2) is 85.3 Å². The molecule has 1 amide bonds. The number of benzene rings is 3. The number of carbonyl (C=O) groups excluding carboxylic acids is 2. The number of ether oxygens (including phenoxy) is 2.